The Kier molecular flexibility index (Phi) is 6.83. The number of ether oxygens (including phenoxy) is 1. The van der Waals surface area contributed by atoms with Crippen molar-refractivity contribution in [1.82, 2.24) is 4.90 Å². The molecule has 1 N–H and O–H groups in total. The highest BCUT2D eigenvalue weighted by molar-refractivity contribution is 5.94. The molecule has 140 valence electrons. The van der Waals surface area contributed by atoms with Crippen LogP contribution in [-0.4, -0.2) is 42.1 Å². The van der Waals surface area contributed by atoms with Crippen LogP contribution in [0.1, 0.15) is 35.8 Å². The van der Waals surface area contributed by atoms with Gasteiger partial charge in [-0.3, -0.25) is 9.69 Å². The summed E-state index contributed by atoms with van der Waals surface area (Å²) in [5, 5.41) is 10.2. The molecule has 4 nitrogen and oxygen atoms in total. The van der Waals surface area contributed by atoms with Gasteiger partial charge in [0.1, 0.15) is 18.5 Å². The molecule has 2 aromatic rings. The second kappa shape index (κ2) is 8.87. The molecule has 0 amide bonds. The fraction of sp³-hybridized carbons (Fsp3) is 0.350. The molecule has 0 aliphatic rings. The fourth-order valence-corrected chi connectivity index (χ4v) is 2.57. The molecule has 0 fully saturated rings. The van der Waals surface area contributed by atoms with Gasteiger partial charge >= 0.3 is 0 Å². The van der Waals surface area contributed by atoms with Gasteiger partial charge in [0.05, 0.1) is 0 Å². The largest absolute Gasteiger partial charge is 0.491 e. The first-order chi connectivity index (χ1) is 12.3. The quantitative estimate of drug-likeness (QED) is 0.728. The summed E-state index contributed by atoms with van der Waals surface area (Å²) in [7, 11) is 1.78. The van der Waals surface area contributed by atoms with Crippen molar-refractivity contribution >= 4 is 5.78 Å². The number of aliphatic hydroxyl groups excluding tert-OH is 1. The molecule has 6 heteroatoms. The minimum atomic E-state index is -0.892. The molecule has 0 aliphatic heterocycles. The Balaban J connectivity index is 1.90. The van der Waals surface area contributed by atoms with E-state index in [1.165, 1.54) is 13.0 Å². The summed E-state index contributed by atoms with van der Waals surface area (Å²) >= 11 is 0. The molecule has 0 saturated heterocycles. The molecule has 0 aromatic heterocycles. The first-order valence-corrected chi connectivity index (χ1v) is 8.35. The number of halogens is 2. The molecule has 0 saturated carbocycles. The summed E-state index contributed by atoms with van der Waals surface area (Å²) in [5.74, 6) is -1.33. The molecule has 2 aromatic carbocycles. The van der Waals surface area contributed by atoms with Crippen molar-refractivity contribution in [2.75, 3.05) is 20.2 Å². The smallest absolute Gasteiger partial charge is 0.159 e. The van der Waals surface area contributed by atoms with Gasteiger partial charge in [-0.05, 0) is 50.7 Å². The van der Waals surface area contributed by atoms with E-state index in [1.807, 2.05) is 11.8 Å². The van der Waals surface area contributed by atoms with Crippen molar-refractivity contribution in [1.29, 1.82) is 0 Å². The summed E-state index contributed by atoms with van der Waals surface area (Å²) in [6, 6.07) is 10.3. The number of Topliss-reactive ketones (excluding diaryl/α,β-unsaturated/α-hetero) is 1. The monoisotopic (exact) mass is 363 g/mol. The van der Waals surface area contributed by atoms with E-state index in [4.69, 9.17) is 4.74 Å². The number of benzene rings is 2. The molecule has 0 heterocycles. The van der Waals surface area contributed by atoms with Crippen molar-refractivity contribution in [3.05, 3.63) is 65.2 Å². The molecule has 26 heavy (non-hydrogen) atoms. The lowest BCUT2D eigenvalue weighted by Gasteiger charge is -2.27. The van der Waals surface area contributed by atoms with Crippen molar-refractivity contribution < 1.29 is 23.4 Å². The molecule has 0 aliphatic carbocycles. The van der Waals surface area contributed by atoms with Crippen LogP contribution in [0.25, 0.3) is 0 Å². The van der Waals surface area contributed by atoms with Gasteiger partial charge < -0.3 is 9.84 Å². The summed E-state index contributed by atoms with van der Waals surface area (Å²) < 4.78 is 32.0. The molecule has 0 spiro atoms. The average molecular weight is 363 g/mol. The Morgan fingerprint density at radius 3 is 2.58 bits per heavy atom. The highest BCUT2D eigenvalue weighted by Crippen LogP contribution is 2.21. The SMILES string of the molecule is CC(=O)c1cccc(OCC(O)CN(C)C(C)c2ccc(F)c(F)c2)c1. The average Bonchev–Trinajstić information content (AvgIpc) is 2.61. The van der Waals surface area contributed by atoms with Crippen LogP contribution in [0.2, 0.25) is 0 Å². The third-order valence-electron chi connectivity index (χ3n) is 4.27. The first-order valence-electron chi connectivity index (χ1n) is 8.35. The third-order valence-corrected chi connectivity index (χ3v) is 4.27. The Morgan fingerprint density at radius 1 is 1.19 bits per heavy atom. The zero-order valence-corrected chi connectivity index (χ0v) is 15.1. The number of rotatable bonds is 8. The van der Waals surface area contributed by atoms with Crippen LogP contribution < -0.4 is 4.74 Å². The Labute approximate surface area is 152 Å². The van der Waals surface area contributed by atoms with Crippen molar-refractivity contribution in [2.45, 2.75) is 26.0 Å². The second-order valence-corrected chi connectivity index (χ2v) is 6.34. The minimum Gasteiger partial charge on any atom is -0.491 e. The number of ketones is 1. The topological polar surface area (TPSA) is 49.8 Å². The van der Waals surface area contributed by atoms with Crippen LogP contribution in [0.3, 0.4) is 0 Å². The summed E-state index contributed by atoms with van der Waals surface area (Å²) in [4.78, 5) is 13.2. The number of hydrogen-bond donors (Lipinski definition) is 1. The van der Waals surface area contributed by atoms with Crippen LogP contribution in [0.15, 0.2) is 42.5 Å². The lowest BCUT2D eigenvalue weighted by Crippen LogP contribution is -2.34. The molecular formula is C20H23F2NO3. The van der Waals surface area contributed by atoms with E-state index < -0.39 is 17.7 Å². The second-order valence-electron chi connectivity index (χ2n) is 6.34. The standard InChI is InChI=1S/C20H23F2NO3/c1-13(15-7-8-19(21)20(22)10-15)23(3)11-17(25)12-26-18-6-4-5-16(9-18)14(2)24/h4-10,13,17,25H,11-12H2,1-3H3. The summed E-state index contributed by atoms with van der Waals surface area (Å²) in [6.07, 6.45) is -0.784. The molecule has 0 bridgehead atoms. The lowest BCUT2D eigenvalue weighted by molar-refractivity contribution is 0.0653. The van der Waals surface area contributed by atoms with E-state index in [0.29, 0.717) is 16.9 Å². The van der Waals surface area contributed by atoms with Gasteiger partial charge in [-0.25, -0.2) is 8.78 Å². The number of hydrogen-bond acceptors (Lipinski definition) is 4. The predicted molar refractivity (Wildman–Crippen MR) is 95.4 cm³/mol. The van der Waals surface area contributed by atoms with E-state index in [2.05, 4.69) is 0 Å². The maximum Gasteiger partial charge on any atom is 0.159 e. The predicted octanol–water partition coefficient (Wildman–Crippen LogP) is 3.60. The van der Waals surface area contributed by atoms with Gasteiger partial charge in [-0.15, -0.1) is 0 Å². The van der Waals surface area contributed by atoms with Gasteiger partial charge in [-0.2, -0.15) is 0 Å². The number of aliphatic hydroxyl groups is 1. The van der Waals surface area contributed by atoms with E-state index >= 15 is 0 Å². The van der Waals surface area contributed by atoms with Gasteiger partial charge in [0.25, 0.3) is 0 Å². The maximum absolute atomic E-state index is 13.4. The number of nitrogens with zero attached hydrogens (tertiary/aromatic N) is 1. The number of carbonyl (C=O) groups excluding carboxylic acids is 1. The van der Waals surface area contributed by atoms with Crippen LogP contribution in [-0.2, 0) is 0 Å². The molecule has 2 atom stereocenters. The van der Waals surface area contributed by atoms with Crippen LogP contribution in [0, 0.1) is 11.6 Å². The van der Waals surface area contributed by atoms with Crippen molar-refractivity contribution in [3.63, 3.8) is 0 Å². The maximum atomic E-state index is 13.4. The van der Waals surface area contributed by atoms with Gasteiger partial charge in [0.2, 0.25) is 0 Å². The van der Waals surface area contributed by atoms with Gasteiger partial charge in [-0.1, -0.05) is 18.2 Å². The Hall–Kier alpha value is -2.31. The molecular weight excluding hydrogens is 340 g/mol. The van der Waals surface area contributed by atoms with Gasteiger partial charge in [0.15, 0.2) is 17.4 Å². The minimum absolute atomic E-state index is 0.0518. The van der Waals surface area contributed by atoms with Gasteiger partial charge in [0, 0.05) is 18.2 Å². The highest BCUT2D eigenvalue weighted by Gasteiger charge is 2.17. The number of carbonyl (C=O) groups is 1. The first kappa shape index (κ1) is 20.0. The Morgan fingerprint density at radius 2 is 1.92 bits per heavy atom. The fourth-order valence-electron chi connectivity index (χ4n) is 2.57. The van der Waals surface area contributed by atoms with Crippen LogP contribution >= 0.6 is 0 Å². The zero-order valence-electron chi connectivity index (χ0n) is 15.1. The summed E-state index contributed by atoms with van der Waals surface area (Å²) in [5.41, 5.74) is 1.16. The van der Waals surface area contributed by atoms with Crippen molar-refractivity contribution in [3.8, 4) is 5.75 Å². The summed E-state index contributed by atoms with van der Waals surface area (Å²) in [6.45, 7) is 3.65. The van der Waals surface area contributed by atoms with Crippen LogP contribution in [0.4, 0.5) is 8.78 Å². The molecule has 0 radical (unpaired) electrons. The van der Waals surface area contributed by atoms with E-state index in [-0.39, 0.29) is 25.0 Å². The van der Waals surface area contributed by atoms with E-state index in [0.717, 1.165) is 12.1 Å². The highest BCUT2D eigenvalue weighted by atomic mass is 19.2. The lowest BCUT2D eigenvalue weighted by atomic mass is 10.1. The Bertz CT molecular complexity index is 766. The third kappa shape index (κ3) is 5.34. The van der Waals surface area contributed by atoms with Crippen LogP contribution in [0.5, 0.6) is 5.75 Å². The normalized spacial score (nSPS) is 13.5. The van der Waals surface area contributed by atoms with E-state index in [1.54, 1.807) is 31.3 Å². The molecule has 2 rings (SSSR count). The zero-order chi connectivity index (χ0) is 19.3. The number of likely N-dealkylation sites (N-methyl/N-ethyl adjacent to an activating group) is 1. The molecule has 2 unspecified atom stereocenters. The van der Waals surface area contributed by atoms with E-state index in [9.17, 15) is 18.7 Å². The van der Waals surface area contributed by atoms with Crippen molar-refractivity contribution in [2.24, 2.45) is 0 Å².